The maximum Gasteiger partial charge on any atom is 0.151 e. The van der Waals surface area contributed by atoms with Gasteiger partial charge in [-0.05, 0) is 50.8 Å². The Hall–Kier alpha value is -1.16. The van der Waals surface area contributed by atoms with Crippen molar-refractivity contribution in [2.75, 3.05) is 24.5 Å². The van der Waals surface area contributed by atoms with Crippen molar-refractivity contribution in [3.05, 3.63) is 17.8 Å². The van der Waals surface area contributed by atoms with Gasteiger partial charge in [-0.2, -0.15) is 5.10 Å². The van der Waals surface area contributed by atoms with Crippen molar-refractivity contribution < 1.29 is 0 Å². The van der Waals surface area contributed by atoms with Gasteiger partial charge in [0.05, 0.1) is 5.69 Å². The van der Waals surface area contributed by atoms with E-state index in [-0.39, 0.29) is 0 Å². The van der Waals surface area contributed by atoms with E-state index in [4.69, 9.17) is 5.73 Å². The lowest BCUT2D eigenvalue weighted by Gasteiger charge is -2.33. The summed E-state index contributed by atoms with van der Waals surface area (Å²) in [6, 6.07) is 4.09. The van der Waals surface area contributed by atoms with Gasteiger partial charge in [-0.3, -0.25) is 0 Å². The summed E-state index contributed by atoms with van der Waals surface area (Å²) < 4.78 is 0. The fourth-order valence-electron chi connectivity index (χ4n) is 2.31. The first-order valence-corrected chi connectivity index (χ1v) is 6.05. The first-order valence-electron chi connectivity index (χ1n) is 6.05. The second-order valence-electron chi connectivity index (χ2n) is 4.56. The molecule has 0 radical (unpaired) electrons. The molecule has 4 nitrogen and oxygen atoms in total. The molecule has 0 aromatic carbocycles. The van der Waals surface area contributed by atoms with Crippen LogP contribution in [0.4, 0.5) is 5.82 Å². The smallest absolute Gasteiger partial charge is 0.151 e. The Balaban J connectivity index is 2.01. The Kier molecular flexibility index (Phi) is 3.72. The third-order valence-corrected chi connectivity index (χ3v) is 3.20. The van der Waals surface area contributed by atoms with E-state index in [2.05, 4.69) is 21.2 Å². The molecule has 0 bridgehead atoms. The van der Waals surface area contributed by atoms with Gasteiger partial charge < -0.3 is 10.6 Å². The van der Waals surface area contributed by atoms with Gasteiger partial charge >= 0.3 is 0 Å². The lowest BCUT2D eigenvalue weighted by atomic mass is 9.95. The predicted molar refractivity (Wildman–Crippen MR) is 65.4 cm³/mol. The zero-order chi connectivity index (χ0) is 11.4. The van der Waals surface area contributed by atoms with E-state index in [1.165, 1.54) is 12.8 Å². The van der Waals surface area contributed by atoms with Crippen molar-refractivity contribution >= 4 is 5.82 Å². The lowest BCUT2D eigenvalue weighted by Crippen LogP contribution is -2.36. The van der Waals surface area contributed by atoms with E-state index < -0.39 is 0 Å². The highest BCUT2D eigenvalue weighted by Gasteiger charge is 2.20. The highest BCUT2D eigenvalue weighted by molar-refractivity contribution is 5.37. The van der Waals surface area contributed by atoms with Crippen LogP contribution in [-0.4, -0.2) is 29.8 Å². The van der Waals surface area contributed by atoms with E-state index in [1.54, 1.807) is 0 Å². The minimum absolute atomic E-state index is 0.724. The first-order chi connectivity index (χ1) is 7.79. The molecule has 16 heavy (non-hydrogen) atoms. The van der Waals surface area contributed by atoms with E-state index >= 15 is 0 Å². The van der Waals surface area contributed by atoms with Crippen LogP contribution in [0.15, 0.2) is 12.1 Å². The molecule has 1 saturated heterocycles. The lowest BCUT2D eigenvalue weighted by molar-refractivity contribution is 0.394. The zero-order valence-corrected chi connectivity index (χ0v) is 9.89. The molecule has 1 aromatic rings. The molecular weight excluding hydrogens is 200 g/mol. The summed E-state index contributed by atoms with van der Waals surface area (Å²) in [7, 11) is 0. The number of aromatic nitrogens is 2. The topological polar surface area (TPSA) is 55.0 Å². The summed E-state index contributed by atoms with van der Waals surface area (Å²) in [5, 5.41) is 8.35. The van der Waals surface area contributed by atoms with Gasteiger partial charge in [0, 0.05) is 13.1 Å². The predicted octanol–water partition coefficient (Wildman–Crippen LogP) is 1.35. The highest BCUT2D eigenvalue weighted by Crippen LogP contribution is 2.22. The number of hydrogen-bond donors (Lipinski definition) is 1. The van der Waals surface area contributed by atoms with Crippen LogP contribution < -0.4 is 10.6 Å². The zero-order valence-electron chi connectivity index (χ0n) is 9.89. The Morgan fingerprint density at radius 2 is 2.31 bits per heavy atom. The van der Waals surface area contributed by atoms with Crippen molar-refractivity contribution in [3.8, 4) is 0 Å². The average molecular weight is 220 g/mol. The Labute approximate surface area is 96.9 Å². The Bertz CT molecular complexity index is 320. The molecular formula is C12H20N4. The van der Waals surface area contributed by atoms with Gasteiger partial charge in [0.2, 0.25) is 0 Å². The molecule has 0 spiro atoms. The van der Waals surface area contributed by atoms with Gasteiger partial charge in [0.25, 0.3) is 0 Å². The van der Waals surface area contributed by atoms with Crippen molar-refractivity contribution in [3.63, 3.8) is 0 Å². The van der Waals surface area contributed by atoms with Crippen LogP contribution >= 0.6 is 0 Å². The second kappa shape index (κ2) is 5.25. The SMILES string of the molecule is Cc1ccc(N2CCCC(CCN)C2)nn1. The van der Waals surface area contributed by atoms with Gasteiger partial charge in [-0.15, -0.1) is 5.10 Å². The van der Waals surface area contributed by atoms with E-state index in [1.807, 2.05) is 13.0 Å². The molecule has 4 heteroatoms. The number of aryl methyl sites for hydroxylation is 1. The van der Waals surface area contributed by atoms with Crippen LogP contribution in [0, 0.1) is 12.8 Å². The summed E-state index contributed by atoms with van der Waals surface area (Å²) in [6.07, 6.45) is 3.66. The van der Waals surface area contributed by atoms with Gasteiger partial charge in [-0.1, -0.05) is 0 Å². The molecule has 1 aromatic heterocycles. The molecule has 0 saturated carbocycles. The molecule has 2 rings (SSSR count). The summed E-state index contributed by atoms with van der Waals surface area (Å²) >= 11 is 0. The average Bonchev–Trinajstić information content (AvgIpc) is 2.31. The molecule has 2 heterocycles. The summed E-state index contributed by atoms with van der Waals surface area (Å²) in [6.45, 7) is 4.93. The normalized spacial score (nSPS) is 21.1. The van der Waals surface area contributed by atoms with Crippen LogP contribution in [-0.2, 0) is 0 Å². The Morgan fingerprint density at radius 1 is 1.44 bits per heavy atom. The van der Waals surface area contributed by atoms with Crippen LogP contribution in [0.5, 0.6) is 0 Å². The second-order valence-corrected chi connectivity index (χ2v) is 4.56. The third kappa shape index (κ3) is 2.70. The van der Waals surface area contributed by atoms with Crippen LogP contribution in [0.25, 0.3) is 0 Å². The molecule has 88 valence electrons. The summed E-state index contributed by atoms with van der Waals surface area (Å²) in [4.78, 5) is 2.33. The molecule has 2 N–H and O–H groups in total. The van der Waals surface area contributed by atoms with Gasteiger partial charge in [0.1, 0.15) is 0 Å². The molecule has 0 aliphatic carbocycles. The minimum Gasteiger partial charge on any atom is -0.355 e. The third-order valence-electron chi connectivity index (χ3n) is 3.20. The van der Waals surface area contributed by atoms with Crippen molar-refractivity contribution in [1.82, 2.24) is 10.2 Å². The van der Waals surface area contributed by atoms with Gasteiger partial charge in [-0.25, -0.2) is 0 Å². The van der Waals surface area contributed by atoms with E-state index in [0.717, 1.165) is 43.5 Å². The molecule has 0 amide bonds. The van der Waals surface area contributed by atoms with E-state index in [9.17, 15) is 0 Å². The highest BCUT2D eigenvalue weighted by atomic mass is 15.3. The fourth-order valence-corrected chi connectivity index (χ4v) is 2.31. The van der Waals surface area contributed by atoms with Crippen molar-refractivity contribution in [2.45, 2.75) is 26.2 Å². The number of hydrogen-bond acceptors (Lipinski definition) is 4. The molecule has 1 aliphatic rings. The van der Waals surface area contributed by atoms with Crippen LogP contribution in [0.2, 0.25) is 0 Å². The maximum absolute atomic E-state index is 5.62. The molecule has 1 unspecified atom stereocenters. The van der Waals surface area contributed by atoms with Crippen molar-refractivity contribution in [1.29, 1.82) is 0 Å². The molecule has 1 aliphatic heterocycles. The van der Waals surface area contributed by atoms with E-state index in [0.29, 0.717) is 0 Å². The largest absolute Gasteiger partial charge is 0.355 e. The monoisotopic (exact) mass is 220 g/mol. The number of nitrogens with two attached hydrogens (primary N) is 1. The summed E-state index contributed by atoms with van der Waals surface area (Å²) in [5.74, 6) is 1.73. The minimum atomic E-state index is 0.724. The standard InChI is InChI=1S/C12H20N4/c1-10-4-5-12(15-14-10)16-8-2-3-11(9-16)6-7-13/h4-5,11H,2-3,6-9,13H2,1H3. The number of piperidine rings is 1. The summed E-state index contributed by atoms with van der Waals surface area (Å²) in [5.41, 5.74) is 6.59. The molecule has 1 fully saturated rings. The maximum atomic E-state index is 5.62. The fraction of sp³-hybridized carbons (Fsp3) is 0.667. The Morgan fingerprint density at radius 3 is 3.00 bits per heavy atom. The number of nitrogens with zero attached hydrogens (tertiary/aromatic N) is 3. The molecule has 1 atom stereocenters. The van der Waals surface area contributed by atoms with Crippen LogP contribution in [0.3, 0.4) is 0 Å². The quantitative estimate of drug-likeness (QED) is 0.835. The number of rotatable bonds is 3. The van der Waals surface area contributed by atoms with Crippen LogP contribution in [0.1, 0.15) is 25.0 Å². The van der Waals surface area contributed by atoms with Gasteiger partial charge in [0.15, 0.2) is 5.82 Å². The first kappa shape index (κ1) is 11.3. The number of anilines is 1. The van der Waals surface area contributed by atoms with Crippen molar-refractivity contribution in [2.24, 2.45) is 11.7 Å².